The van der Waals surface area contributed by atoms with E-state index in [1.165, 1.54) is 0 Å². The number of nitrogens with one attached hydrogen (secondary N) is 1. The van der Waals surface area contributed by atoms with Crippen LogP contribution in [0.5, 0.6) is 0 Å². The zero-order valence-electron chi connectivity index (χ0n) is 11.4. The van der Waals surface area contributed by atoms with Gasteiger partial charge in [-0.2, -0.15) is 0 Å². The number of aromatic nitrogens is 2. The number of hydrogen-bond donors (Lipinski definition) is 1. The lowest BCUT2D eigenvalue weighted by molar-refractivity contribution is 0.408. The van der Waals surface area contributed by atoms with Crippen molar-refractivity contribution in [3.8, 4) is 0 Å². The lowest BCUT2D eigenvalue weighted by Gasteiger charge is -2.22. The van der Waals surface area contributed by atoms with Gasteiger partial charge in [0.25, 0.3) is 0 Å². The van der Waals surface area contributed by atoms with E-state index < -0.39 is 10.8 Å². The second-order valence-corrected chi connectivity index (χ2v) is 6.80. The van der Waals surface area contributed by atoms with Gasteiger partial charge in [-0.3, -0.25) is 4.21 Å². The van der Waals surface area contributed by atoms with Crippen LogP contribution in [0.4, 0.5) is 0 Å². The molecule has 1 aliphatic rings. The molecule has 2 unspecified atom stereocenters. The highest BCUT2D eigenvalue weighted by atomic mass is 35.5. The highest BCUT2D eigenvalue weighted by Gasteiger charge is 2.20. The topological polar surface area (TPSA) is 54.9 Å². The molecular weight excluding hydrogens is 329 g/mol. The van der Waals surface area contributed by atoms with E-state index in [9.17, 15) is 4.21 Å². The highest BCUT2D eigenvalue weighted by molar-refractivity contribution is 7.85. The minimum atomic E-state index is -1.19. The smallest absolute Gasteiger partial charge is 0.165 e. The highest BCUT2D eigenvalue weighted by Crippen LogP contribution is 2.22. The molecule has 1 N–H and O–H groups in total. The Bertz CT molecular complexity index is 647. The molecular formula is C14H17Cl2N3OS. The van der Waals surface area contributed by atoms with Gasteiger partial charge in [0.15, 0.2) is 10.2 Å². The standard InChI is InChI=1S/C14H16ClN3OS.ClH/c15-13-14(18-12-6-2-1-5-11(12)17-13)20(19)9-10-4-3-7-16-8-10;/h1-2,5-6,10,16H,3-4,7-9H2;1H. The second-order valence-electron chi connectivity index (χ2n) is 5.03. The van der Waals surface area contributed by atoms with Crippen molar-refractivity contribution in [3.63, 3.8) is 0 Å². The number of fused-ring (bicyclic) bond motifs is 1. The molecule has 1 aromatic carbocycles. The van der Waals surface area contributed by atoms with Crippen LogP contribution in [0.25, 0.3) is 11.0 Å². The van der Waals surface area contributed by atoms with E-state index >= 15 is 0 Å². The third kappa shape index (κ3) is 3.92. The monoisotopic (exact) mass is 345 g/mol. The van der Waals surface area contributed by atoms with Gasteiger partial charge >= 0.3 is 0 Å². The Labute approximate surface area is 137 Å². The van der Waals surface area contributed by atoms with Crippen LogP contribution in [0.1, 0.15) is 12.8 Å². The van der Waals surface area contributed by atoms with Gasteiger partial charge in [-0.1, -0.05) is 23.7 Å². The Morgan fingerprint density at radius 2 is 2.00 bits per heavy atom. The van der Waals surface area contributed by atoms with Crippen LogP contribution in [-0.2, 0) is 10.8 Å². The zero-order valence-corrected chi connectivity index (χ0v) is 13.8. The summed E-state index contributed by atoms with van der Waals surface area (Å²) in [7, 11) is -1.19. The molecule has 2 heterocycles. The van der Waals surface area contributed by atoms with E-state index in [4.69, 9.17) is 11.6 Å². The van der Waals surface area contributed by atoms with Gasteiger partial charge in [-0.15, -0.1) is 12.4 Å². The van der Waals surface area contributed by atoms with Gasteiger partial charge in [0.1, 0.15) is 0 Å². The van der Waals surface area contributed by atoms with Crippen molar-refractivity contribution in [2.75, 3.05) is 18.8 Å². The first-order valence-corrected chi connectivity index (χ1v) is 8.45. The summed E-state index contributed by atoms with van der Waals surface area (Å²) in [5.74, 6) is 1.02. The van der Waals surface area contributed by atoms with Gasteiger partial charge in [-0.05, 0) is 44.0 Å². The normalized spacial score (nSPS) is 20.0. The summed E-state index contributed by atoms with van der Waals surface area (Å²) in [5, 5.41) is 4.00. The maximum Gasteiger partial charge on any atom is 0.165 e. The molecule has 1 aliphatic heterocycles. The minimum Gasteiger partial charge on any atom is -0.316 e. The largest absolute Gasteiger partial charge is 0.316 e. The molecule has 1 aromatic heterocycles. The van der Waals surface area contributed by atoms with Crippen LogP contribution in [0.3, 0.4) is 0 Å². The van der Waals surface area contributed by atoms with Crippen LogP contribution in [-0.4, -0.2) is 33.0 Å². The number of piperidine rings is 1. The van der Waals surface area contributed by atoms with E-state index in [0.29, 0.717) is 16.7 Å². The maximum absolute atomic E-state index is 12.5. The molecule has 0 bridgehead atoms. The van der Waals surface area contributed by atoms with Crippen molar-refractivity contribution < 1.29 is 4.21 Å². The summed E-state index contributed by atoms with van der Waals surface area (Å²) in [6.45, 7) is 1.98. The fourth-order valence-electron chi connectivity index (χ4n) is 2.47. The number of para-hydroxylation sites is 2. The fraction of sp³-hybridized carbons (Fsp3) is 0.429. The van der Waals surface area contributed by atoms with Gasteiger partial charge in [0.2, 0.25) is 0 Å². The summed E-state index contributed by atoms with van der Waals surface area (Å²) in [4.78, 5) is 8.71. The summed E-state index contributed by atoms with van der Waals surface area (Å²) in [5.41, 5.74) is 1.47. The van der Waals surface area contributed by atoms with Gasteiger partial charge < -0.3 is 5.32 Å². The van der Waals surface area contributed by atoms with Crippen molar-refractivity contribution in [3.05, 3.63) is 29.4 Å². The fourth-order valence-corrected chi connectivity index (χ4v) is 4.16. The summed E-state index contributed by atoms with van der Waals surface area (Å²) < 4.78 is 12.5. The lowest BCUT2D eigenvalue weighted by Crippen LogP contribution is -2.32. The van der Waals surface area contributed by atoms with Crippen molar-refractivity contribution in [1.82, 2.24) is 15.3 Å². The Hall–Kier alpha value is -0.750. The van der Waals surface area contributed by atoms with Crippen LogP contribution in [0, 0.1) is 5.92 Å². The summed E-state index contributed by atoms with van der Waals surface area (Å²) in [6, 6.07) is 7.49. The molecule has 0 spiro atoms. The van der Waals surface area contributed by atoms with Crippen LogP contribution in [0.15, 0.2) is 29.3 Å². The third-order valence-corrected chi connectivity index (χ3v) is 5.37. The molecule has 0 saturated carbocycles. The molecule has 4 nitrogen and oxygen atoms in total. The minimum absolute atomic E-state index is 0. The summed E-state index contributed by atoms with van der Waals surface area (Å²) >= 11 is 6.13. The molecule has 2 atom stereocenters. The van der Waals surface area contributed by atoms with Gasteiger partial charge in [0, 0.05) is 5.75 Å². The van der Waals surface area contributed by atoms with Gasteiger partial charge in [0.05, 0.1) is 21.8 Å². The SMILES string of the molecule is Cl.O=S(CC1CCCNC1)c1nc2ccccc2nc1Cl. The van der Waals surface area contributed by atoms with E-state index in [-0.39, 0.29) is 17.6 Å². The zero-order chi connectivity index (χ0) is 13.9. The first-order chi connectivity index (χ1) is 9.74. The Kier molecular flexibility index (Phi) is 5.93. The number of halogens is 2. The molecule has 2 aromatic rings. The predicted octanol–water partition coefficient (Wildman–Crippen LogP) is 2.81. The molecule has 1 saturated heterocycles. The third-order valence-electron chi connectivity index (χ3n) is 3.50. The number of hydrogen-bond acceptors (Lipinski definition) is 4. The average Bonchev–Trinajstić information content (AvgIpc) is 2.47. The Balaban J connectivity index is 0.00000161. The molecule has 0 amide bonds. The number of benzene rings is 1. The molecule has 21 heavy (non-hydrogen) atoms. The van der Waals surface area contributed by atoms with Crippen LogP contribution >= 0.6 is 24.0 Å². The van der Waals surface area contributed by atoms with Crippen molar-refractivity contribution in [2.24, 2.45) is 5.92 Å². The number of rotatable bonds is 3. The Morgan fingerprint density at radius 1 is 1.29 bits per heavy atom. The quantitative estimate of drug-likeness (QED) is 0.929. The molecule has 0 radical (unpaired) electrons. The number of nitrogens with zero attached hydrogens (tertiary/aromatic N) is 2. The molecule has 0 aliphatic carbocycles. The molecule has 1 fully saturated rings. The molecule has 7 heteroatoms. The van der Waals surface area contributed by atoms with E-state index in [2.05, 4.69) is 15.3 Å². The average molecular weight is 346 g/mol. The van der Waals surface area contributed by atoms with E-state index in [1.807, 2.05) is 24.3 Å². The van der Waals surface area contributed by atoms with E-state index in [1.54, 1.807) is 0 Å². The van der Waals surface area contributed by atoms with Crippen LogP contribution < -0.4 is 5.32 Å². The summed E-state index contributed by atoms with van der Waals surface area (Å²) in [6.07, 6.45) is 2.25. The second kappa shape index (κ2) is 7.49. The van der Waals surface area contributed by atoms with Crippen molar-refractivity contribution in [1.29, 1.82) is 0 Å². The van der Waals surface area contributed by atoms with Crippen molar-refractivity contribution >= 4 is 45.8 Å². The molecule has 114 valence electrons. The first-order valence-electron chi connectivity index (χ1n) is 6.75. The maximum atomic E-state index is 12.5. The van der Waals surface area contributed by atoms with E-state index in [0.717, 1.165) is 37.0 Å². The molecule has 3 rings (SSSR count). The van der Waals surface area contributed by atoms with Crippen molar-refractivity contribution in [2.45, 2.75) is 17.9 Å². The van der Waals surface area contributed by atoms with Gasteiger partial charge in [-0.25, -0.2) is 9.97 Å². The first kappa shape index (κ1) is 16.6. The predicted molar refractivity (Wildman–Crippen MR) is 88.7 cm³/mol. The van der Waals surface area contributed by atoms with Crippen LogP contribution in [0.2, 0.25) is 5.15 Å². The lowest BCUT2D eigenvalue weighted by atomic mass is 10.0. The Morgan fingerprint density at radius 3 is 2.67 bits per heavy atom.